The third kappa shape index (κ3) is 4.97. The van der Waals surface area contributed by atoms with Gasteiger partial charge in [0, 0.05) is 11.3 Å². The molecule has 1 atom stereocenters. The van der Waals surface area contributed by atoms with Crippen molar-refractivity contribution in [2.24, 2.45) is 0 Å². The number of aryl methyl sites for hydroxylation is 2. The van der Waals surface area contributed by atoms with E-state index in [-0.39, 0.29) is 16.7 Å². The Hall–Kier alpha value is -4.26. The molecule has 7 nitrogen and oxygen atoms in total. The normalized spacial score (nSPS) is 16.9. The molecule has 1 N–H and O–H groups in total. The van der Waals surface area contributed by atoms with Crippen LogP contribution in [0.15, 0.2) is 60.2 Å². The highest BCUT2D eigenvalue weighted by Gasteiger charge is 2.47. The molecule has 0 aromatic heterocycles. The molecule has 1 saturated heterocycles. The van der Waals surface area contributed by atoms with Gasteiger partial charge in [-0.25, -0.2) is 0 Å². The van der Waals surface area contributed by atoms with Crippen molar-refractivity contribution in [2.45, 2.75) is 46.1 Å². The van der Waals surface area contributed by atoms with Gasteiger partial charge >= 0.3 is 0 Å². The van der Waals surface area contributed by atoms with E-state index in [2.05, 4.69) is 20.8 Å². The highest BCUT2D eigenvalue weighted by molar-refractivity contribution is 6.51. The van der Waals surface area contributed by atoms with Crippen LogP contribution in [0.5, 0.6) is 17.2 Å². The fourth-order valence-electron chi connectivity index (χ4n) is 4.87. The van der Waals surface area contributed by atoms with Crippen LogP contribution in [-0.4, -0.2) is 38.1 Å². The topological polar surface area (TPSA) is 85.3 Å². The number of benzene rings is 3. The van der Waals surface area contributed by atoms with E-state index in [0.29, 0.717) is 34.1 Å². The fourth-order valence-corrected chi connectivity index (χ4v) is 4.87. The molecular weight excluding hydrogens is 494 g/mol. The highest BCUT2D eigenvalue weighted by Crippen LogP contribution is 2.47. The average Bonchev–Trinajstić information content (AvgIpc) is 3.17. The van der Waals surface area contributed by atoms with Gasteiger partial charge in [-0.3, -0.25) is 14.5 Å². The number of amides is 1. The summed E-state index contributed by atoms with van der Waals surface area (Å²) in [5.74, 6) is -0.620. The molecule has 1 heterocycles. The van der Waals surface area contributed by atoms with E-state index in [1.807, 2.05) is 44.2 Å². The zero-order chi connectivity index (χ0) is 28.6. The van der Waals surface area contributed by atoms with Crippen molar-refractivity contribution in [3.05, 3.63) is 88.0 Å². The zero-order valence-electron chi connectivity index (χ0n) is 23.7. The van der Waals surface area contributed by atoms with Crippen molar-refractivity contribution in [3.8, 4) is 17.2 Å². The van der Waals surface area contributed by atoms with Gasteiger partial charge in [-0.2, -0.15) is 0 Å². The van der Waals surface area contributed by atoms with Crippen LogP contribution in [0.3, 0.4) is 0 Å². The van der Waals surface area contributed by atoms with Crippen LogP contribution in [0.25, 0.3) is 5.76 Å². The second-order valence-electron chi connectivity index (χ2n) is 10.7. The van der Waals surface area contributed by atoms with Gasteiger partial charge in [-0.05, 0) is 66.3 Å². The molecule has 1 fully saturated rings. The minimum Gasteiger partial charge on any atom is -0.507 e. The maximum atomic E-state index is 13.7. The zero-order valence-corrected chi connectivity index (χ0v) is 23.7. The van der Waals surface area contributed by atoms with Crippen molar-refractivity contribution >= 4 is 23.1 Å². The third-order valence-electron chi connectivity index (χ3n) is 7.12. The van der Waals surface area contributed by atoms with Crippen LogP contribution in [0.1, 0.15) is 54.6 Å². The van der Waals surface area contributed by atoms with Crippen molar-refractivity contribution in [2.75, 3.05) is 26.2 Å². The molecule has 0 radical (unpaired) electrons. The largest absolute Gasteiger partial charge is 0.507 e. The molecule has 1 amide bonds. The minimum atomic E-state index is -0.945. The molecule has 0 bridgehead atoms. The Morgan fingerprint density at radius 2 is 1.44 bits per heavy atom. The summed E-state index contributed by atoms with van der Waals surface area (Å²) >= 11 is 0. The Labute approximate surface area is 229 Å². The molecular formula is C32H35NO6. The lowest BCUT2D eigenvalue weighted by Crippen LogP contribution is -2.29. The number of hydrogen-bond donors (Lipinski definition) is 1. The molecule has 4 rings (SSSR count). The van der Waals surface area contributed by atoms with Gasteiger partial charge in [0.1, 0.15) is 5.76 Å². The van der Waals surface area contributed by atoms with Crippen molar-refractivity contribution in [1.29, 1.82) is 0 Å². The lowest BCUT2D eigenvalue weighted by molar-refractivity contribution is -0.132. The molecule has 0 aliphatic carbocycles. The summed E-state index contributed by atoms with van der Waals surface area (Å²) < 4.78 is 16.6. The second-order valence-corrected chi connectivity index (χ2v) is 10.7. The van der Waals surface area contributed by atoms with Gasteiger partial charge in [0.2, 0.25) is 5.75 Å². The lowest BCUT2D eigenvalue weighted by atomic mass is 9.84. The standard InChI is InChI=1S/C32H35NO6/c1-18-9-13-22(14-10-18)33-27(20-15-24(37-6)30(39-8)25(16-20)38-7)26(29(35)31(33)36)28(34)23-17-21(32(3,4)5)12-11-19(23)2/h9-17,27,34H,1-8H3/b28-26+. The summed E-state index contributed by atoms with van der Waals surface area (Å²) in [6, 6.07) is 15.6. The van der Waals surface area contributed by atoms with E-state index in [0.717, 1.165) is 16.7 Å². The van der Waals surface area contributed by atoms with Crippen molar-refractivity contribution < 1.29 is 28.9 Å². The number of carbonyl (C=O) groups excluding carboxylic acids is 2. The maximum absolute atomic E-state index is 13.7. The number of carbonyl (C=O) groups is 2. The maximum Gasteiger partial charge on any atom is 0.300 e. The third-order valence-corrected chi connectivity index (χ3v) is 7.12. The first-order valence-electron chi connectivity index (χ1n) is 12.7. The first kappa shape index (κ1) is 27.8. The molecule has 7 heteroatoms. The van der Waals surface area contributed by atoms with Crippen LogP contribution >= 0.6 is 0 Å². The van der Waals surface area contributed by atoms with E-state index in [1.54, 1.807) is 24.3 Å². The minimum absolute atomic E-state index is 0.0102. The number of ether oxygens (including phenoxy) is 3. The number of rotatable bonds is 6. The number of methoxy groups -OCH3 is 3. The van der Waals surface area contributed by atoms with E-state index < -0.39 is 17.7 Å². The molecule has 1 aliphatic rings. The Balaban J connectivity index is 2.05. The SMILES string of the molecule is COc1cc(C2/C(=C(\O)c3cc(C(C)(C)C)ccc3C)C(=O)C(=O)N2c2ccc(C)cc2)cc(OC)c1OC. The summed E-state index contributed by atoms with van der Waals surface area (Å²) in [7, 11) is 4.50. The van der Waals surface area contributed by atoms with Crippen molar-refractivity contribution in [1.82, 2.24) is 0 Å². The van der Waals surface area contributed by atoms with Gasteiger partial charge < -0.3 is 19.3 Å². The van der Waals surface area contributed by atoms with Crippen LogP contribution in [0, 0.1) is 13.8 Å². The first-order valence-corrected chi connectivity index (χ1v) is 12.7. The summed E-state index contributed by atoms with van der Waals surface area (Å²) in [5, 5.41) is 11.8. The molecule has 39 heavy (non-hydrogen) atoms. The van der Waals surface area contributed by atoms with E-state index >= 15 is 0 Å². The Morgan fingerprint density at radius 3 is 1.95 bits per heavy atom. The van der Waals surface area contributed by atoms with Gasteiger partial charge in [0.25, 0.3) is 11.7 Å². The number of ketones is 1. The molecule has 0 saturated carbocycles. The van der Waals surface area contributed by atoms with Gasteiger partial charge in [0.15, 0.2) is 11.5 Å². The number of Topliss-reactive ketones (excluding diaryl/α,β-unsaturated/α-hetero) is 1. The second kappa shape index (κ2) is 10.5. The Bertz CT molecular complexity index is 1440. The van der Waals surface area contributed by atoms with Gasteiger partial charge in [-0.15, -0.1) is 0 Å². The summed E-state index contributed by atoms with van der Waals surface area (Å²) in [4.78, 5) is 28.7. The Kier molecular flexibility index (Phi) is 7.46. The summed E-state index contributed by atoms with van der Waals surface area (Å²) in [6.45, 7) is 10.0. The monoisotopic (exact) mass is 529 g/mol. The van der Waals surface area contributed by atoms with E-state index in [4.69, 9.17) is 14.2 Å². The van der Waals surface area contributed by atoms with E-state index in [1.165, 1.54) is 26.2 Å². The number of aliphatic hydroxyl groups is 1. The predicted molar refractivity (Wildman–Crippen MR) is 152 cm³/mol. The first-order chi connectivity index (χ1) is 18.4. The molecule has 1 aliphatic heterocycles. The molecule has 3 aromatic carbocycles. The van der Waals surface area contributed by atoms with Crippen LogP contribution < -0.4 is 19.1 Å². The molecule has 3 aromatic rings. The van der Waals surface area contributed by atoms with Crippen LogP contribution in [-0.2, 0) is 15.0 Å². The van der Waals surface area contributed by atoms with Crippen LogP contribution in [0.2, 0.25) is 0 Å². The Morgan fingerprint density at radius 1 is 0.846 bits per heavy atom. The fraction of sp³-hybridized carbons (Fsp3) is 0.312. The van der Waals surface area contributed by atoms with Gasteiger partial charge in [0.05, 0.1) is 32.9 Å². The average molecular weight is 530 g/mol. The molecule has 1 unspecified atom stereocenters. The lowest BCUT2D eigenvalue weighted by Gasteiger charge is -2.27. The van der Waals surface area contributed by atoms with E-state index in [9.17, 15) is 14.7 Å². The predicted octanol–water partition coefficient (Wildman–Crippen LogP) is 6.25. The summed E-state index contributed by atoms with van der Waals surface area (Å²) in [5.41, 5.74) is 4.14. The van der Waals surface area contributed by atoms with Gasteiger partial charge in [-0.1, -0.05) is 50.6 Å². The smallest absolute Gasteiger partial charge is 0.300 e. The highest BCUT2D eigenvalue weighted by atomic mass is 16.5. The molecule has 0 spiro atoms. The number of aliphatic hydroxyl groups excluding tert-OH is 1. The summed E-state index contributed by atoms with van der Waals surface area (Å²) in [6.07, 6.45) is 0. The quantitative estimate of drug-likeness (QED) is 0.231. The number of nitrogens with zero attached hydrogens (tertiary/aromatic N) is 1. The number of hydrogen-bond acceptors (Lipinski definition) is 6. The van der Waals surface area contributed by atoms with Crippen LogP contribution in [0.4, 0.5) is 5.69 Å². The van der Waals surface area contributed by atoms with Crippen molar-refractivity contribution in [3.63, 3.8) is 0 Å². The number of anilines is 1. The molecule has 204 valence electrons.